The van der Waals surface area contributed by atoms with Crippen LogP contribution in [-0.2, 0) is 19.0 Å². The monoisotopic (exact) mass is 257 g/mol. The molecule has 0 atom stereocenters. The van der Waals surface area contributed by atoms with E-state index in [1.54, 1.807) is 18.5 Å². The van der Waals surface area contributed by atoms with Crippen LogP contribution in [0.25, 0.3) is 0 Å². The summed E-state index contributed by atoms with van der Waals surface area (Å²) in [6.45, 7) is -3.94. The average Bonchev–Trinajstić information content (AvgIpc) is 2.21. The van der Waals surface area contributed by atoms with Crippen molar-refractivity contribution in [3.05, 3.63) is 18.5 Å². The Morgan fingerprint density at radius 1 is 1.07 bits per heavy atom. The molecule has 88 valence electrons. The molecule has 0 spiro atoms. The van der Waals surface area contributed by atoms with Crippen LogP contribution in [0.4, 0.5) is 0 Å². The summed E-state index contributed by atoms with van der Waals surface area (Å²) in [5.41, 5.74) is 0. The maximum absolute atomic E-state index is 8.46. The van der Waals surface area contributed by atoms with Crippen molar-refractivity contribution in [1.82, 2.24) is 15.4 Å². The molecule has 1 rings (SSSR count). The molecule has 0 fully saturated rings. The lowest BCUT2D eigenvalue weighted by Gasteiger charge is -2.08. The topological polar surface area (TPSA) is 118 Å². The number of hydrogen-bond donors (Lipinski definition) is 3. The zero-order valence-electron chi connectivity index (χ0n) is 8.09. The van der Waals surface area contributed by atoms with Crippen molar-refractivity contribution in [3.63, 3.8) is 0 Å². The van der Waals surface area contributed by atoms with Crippen molar-refractivity contribution < 1.29 is 23.0 Å². The van der Waals surface area contributed by atoms with Gasteiger partial charge in [-0.05, 0) is 11.3 Å². The van der Waals surface area contributed by atoms with Crippen LogP contribution >= 0.6 is 6.72 Å². The summed E-state index contributed by atoms with van der Waals surface area (Å²) in [5.74, 6) is 0. The molecule has 0 aromatic carbocycles. The first kappa shape index (κ1) is 14.6. The Bertz CT molecular complexity index is 277. The predicted octanol–water partition coefficient (Wildman–Crippen LogP) is -0.746. The molecule has 0 bridgehead atoms. The van der Waals surface area contributed by atoms with Gasteiger partial charge in [0.25, 0.3) is 0 Å². The van der Waals surface area contributed by atoms with E-state index in [0.29, 0.717) is 0 Å². The van der Waals surface area contributed by atoms with Crippen molar-refractivity contribution in [2.24, 2.45) is 0 Å². The fourth-order valence-corrected chi connectivity index (χ4v) is 2.21. The fraction of sp³-hybridized carbons (Fsp3) is 0.400. The fourth-order valence-electron chi connectivity index (χ4n) is 0.473. The minimum atomic E-state index is -3.94. The van der Waals surface area contributed by atoms with E-state index in [1.807, 2.05) is 0 Å². The average molecular weight is 257 g/mol. The van der Waals surface area contributed by atoms with E-state index in [9.17, 15) is 0 Å². The molecule has 1 aromatic rings. The van der Waals surface area contributed by atoms with Gasteiger partial charge in [0.2, 0.25) is 0 Å². The molecular formula is C5H12N3O5PS. The van der Waals surface area contributed by atoms with Gasteiger partial charge in [0, 0.05) is 0 Å². The zero-order valence-corrected chi connectivity index (χ0v) is 9.80. The lowest BCUT2D eigenvalue weighted by atomic mass is 10.7. The molecule has 8 nitrogen and oxygen atoms in total. The molecule has 0 amide bonds. The normalized spacial score (nSPS) is 10.8. The van der Waals surface area contributed by atoms with Gasteiger partial charge in [-0.25, -0.2) is 0 Å². The standard InChI is InChI=1S/C3H3N3.C2H9O5PS/c1-2-4-6-5-3-1;1-6-9(7-2)8(3,4)5/h1-3H;3-5H,1-2H3. The Morgan fingerprint density at radius 3 is 1.60 bits per heavy atom. The minimum Gasteiger partial charge on any atom is -0.326 e. The largest absolute Gasteiger partial charge is 0.328 e. The quantitative estimate of drug-likeness (QED) is 0.592. The molecule has 3 N–H and O–H groups in total. The van der Waals surface area contributed by atoms with E-state index < -0.39 is 17.4 Å². The van der Waals surface area contributed by atoms with Crippen LogP contribution in [0.5, 0.6) is 0 Å². The van der Waals surface area contributed by atoms with Crippen molar-refractivity contribution in [2.75, 3.05) is 14.2 Å². The van der Waals surface area contributed by atoms with E-state index in [-0.39, 0.29) is 0 Å². The Balaban J connectivity index is 0.000000280. The number of nitrogens with zero attached hydrogens (tertiary/aromatic N) is 3. The van der Waals surface area contributed by atoms with Crippen LogP contribution in [0.15, 0.2) is 18.5 Å². The molecule has 0 saturated heterocycles. The first-order chi connectivity index (χ1) is 7.02. The Hall–Kier alpha value is -0.410. The van der Waals surface area contributed by atoms with Crippen molar-refractivity contribution >= 4 is 17.4 Å². The second-order valence-electron chi connectivity index (χ2n) is 1.87. The summed E-state index contributed by atoms with van der Waals surface area (Å²) in [6.07, 6.45) is 3.15. The molecular weight excluding hydrogens is 245 g/mol. The molecule has 0 saturated carbocycles. The van der Waals surface area contributed by atoms with Crippen LogP contribution in [0.3, 0.4) is 0 Å². The highest BCUT2D eigenvalue weighted by Crippen LogP contribution is 2.36. The SMILES string of the molecule is COS(OC)=P(O)(O)O.c1cnnnc1. The summed E-state index contributed by atoms with van der Waals surface area (Å²) in [4.78, 5) is 25.4. The maximum atomic E-state index is 8.46. The predicted molar refractivity (Wildman–Crippen MR) is 54.8 cm³/mol. The lowest BCUT2D eigenvalue weighted by Crippen LogP contribution is -1.97. The third-order valence-electron chi connectivity index (χ3n) is 0.894. The van der Waals surface area contributed by atoms with Crippen LogP contribution in [0.1, 0.15) is 0 Å². The second-order valence-corrected chi connectivity index (χ2v) is 6.37. The zero-order chi connectivity index (χ0) is 11.7. The van der Waals surface area contributed by atoms with E-state index in [1.165, 1.54) is 14.2 Å². The highest BCUT2D eigenvalue weighted by molar-refractivity contribution is 8.22. The Labute approximate surface area is 89.1 Å². The van der Waals surface area contributed by atoms with Gasteiger partial charge in [-0.1, -0.05) is 0 Å². The first-order valence-electron chi connectivity index (χ1n) is 3.52. The van der Waals surface area contributed by atoms with Gasteiger partial charge in [0.15, 0.2) is 10.6 Å². The Morgan fingerprint density at radius 2 is 1.53 bits per heavy atom. The van der Waals surface area contributed by atoms with Crippen LogP contribution in [0, 0.1) is 0 Å². The Kier molecular flexibility index (Phi) is 7.61. The number of aromatic nitrogens is 3. The molecule has 0 aliphatic rings. The summed E-state index contributed by atoms with van der Waals surface area (Å²) >= 11 is 0. The van der Waals surface area contributed by atoms with E-state index in [2.05, 4.69) is 23.8 Å². The van der Waals surface area contributed by atoms with Gasteiger partial charge >= 0.3 is 6.72 Å². The molecule has 0 radical (unpaired) electrons. The number of hydrogen-bond acceptors (Lipinski definition) is 5. The van der Waals surface area contributed by atoms with Gasteiger partial charge in [0.05, 0.1) is 26.6 Å². The van der Waals surface area contributed by atoms with Gasteiger partial charge < -0.3 is 14.7 Å². The summed E-state index contributed by atoms with van der Waals surface area (Å²) < 4.78 is 8.74. The summed E-state index contributed by atoms with van der Waals surface area (Å²) in [5, 5.41) is 10.1. The van der Waals surface area contributed by atoms with Gasteiger partial charge in [-0.15, -0.1) is 10.2 Å². The second kappa shape index (κ2) is 7.83. The van der Waals surface area contributed by atoms with E-state index in [0.717, 1.165) is 0 Å². The van der Waals surface area contributed by atoms with Crippen molar-refractivity contribution in [2.45, 2.75) is 0 Å². The molecule has 15 heavy (non-hydrogen) atoms. The van der Waals surface area contributed by atoms with E-state index >= 15 is 0 Å². The number of rotatable bonds is 2. The minimum absolute atomic E-state index is 1.21. The molecule has 10 heteroatoms. The van der Waals surface area contributed by atoms with Crippen LogP contribution in [-0.4, -0.2) is 44.3 Å². The van der Waals surface area contributed by atoms with Crippen molar-refractivity contribution in [1.29, 1.82) is 0 Å². The smallest absolute Gasteiger partial charge is 0.326 e. The summed E-state index contributed by atoms with van der Waals surface area (Å²) in [6, 6.07) is 1.72. The highest BCUT2D eigenvalue weighted by Gasteiger charge is 2.11. The van der Waals surface area contributed by atoms with Crippen LogP contribution in [0.2, 0.25) is 0 Å². The third-order valence-corrected chi connectivity index (χ3v) is 3.96. The third kappa shape index (κ3) is 7.51. The molecule has 0 aliphatic carbocycles. The van der Waals surface area contributed by atoms with Gasteiger partial charge in [-0.2, -0.15) is 0 Å². The molecule has 1 aromatic heterocycles. The molecule has 0 unspecified atom stereocenters. The van der Waals surface area contributed by atoms with Gasteiger partial charge in [0.1, 0.15) is 0 Å². The molecule has 1 heterocycles. The molecule has 0 aliphatic heterocycles. The summed E-state index contributed by atoms with van der Waals surface area (Å²) in [7, 11) is 0.847. The lowest BCUT2D eigenvalue weighted by molar-refractivity contribution is 0.335. The van der Waals surface area contributed by atoms with Crippen LogP contribution < -0.4 is 0 Å². The van der Waals surface area contributed by atoms with Gasteiger partial charge in [-0.3, -0.25) is 8.37 Å². The van der Waals surface area contributed by atoms with E-state index in [4.69, 9.17) is 14.7 Å². The maximum Gasteiger partial charge on any atom is 0.328 e. The highest BCUT2D eigenvalue weighted by atomic mass is 32.5. The van der Waals surface area contributed by atoms with Crippen molar-refractivity contribution in [3.8, 4) is 0 Å². The first-order valence-corrected chi connectivity index (χ1v) is 6.84.